The molecule has 0 aromatic heterocycles. The fourth-order valence-electron chi connectivity index (χ4n) is 6.16. The highest BCUT2D eigenvalue weighted by atomic mass is 19.4. The number of nitrogens with one attached hydrogen (secondary N) is 1. The number of halogens is 6. The molecule has 288 valence electrons. The number of carbonyl (C=O) groups is 5. The van der Waals surface area contributed by atoms with Crippen molar-refractivity contribution in [2.75, 3.05) is 39.2 Å². The highest BCUT2D eigenvalue weighted by molar-refractivity contribution is 6.12. The summed E-state index contributed by atoms with van der Waals surface area (Å²) in [5, 5.41) is 2.65. The van der Waals surface area contributed by atoms with E-state index < -0.39 is 72.7 Å². The molecule has 5 rings (SSSR count). The topological polar surface area (TPSA) is 122 Å². The molecule has 55 heavy (non-hydrogen) atoms. The van der Waals surface area contributed by atoms with E-state index in [1.807, 2.05) is 0 Å². The minimum atomic E-state index is -4.93. The molecule has 1 aliphatic heterocycles. The molecule has 0 bridgehead atoms. The third kappa shape index (κ3) is 8.47. The molecule has 0 saturated heterocycles. The molecule has 3 amide bonds. The summed E-state index contributed by atoms with van der Waals surface area (Å²) < 4.78 is 91.2. The van der Waals surface area contributed by atoms with Crippen LogP contribution in [0.15, 0.2) is 91.0 Å². The number of alkyl halides is 6. The zero-order chi connectivity index (χ0) is 40.3. The summed E-state index contributed by atoms with van der Waals surface area (Å²) in [4.78, 5) is 68.2. The second-order valence-electron chi connectivity index (χ2n) is 12.6. The van der Waals surface area contributed by atoms with Gasteiger partial charge in [-0.1, -0.05) is 54.6 Å². The van der Waals surface area contributed by atoms with Crippen molar-refractivity contribution in [3.05, 3.63) is 124 Å². The second-order valence-corrected chi connectivity index (χ2v) is 12.6. The third-order valence-electron chi connectivity index (χ3n) is 8.71. The van der Waals surface area contributed by atoms with Crippen LogP contribution in [0.1, 0.15) is 54.7 Å². The molecule has 1 N–H and O–H groups in total. The van der Waals surface area contributed by atoms with Gasteiger partial charge >= 0.3 is 24.3 Å². The number of esters is 2. The molecule has 4 aromatic rings. The minimum Gasteiger partial charge on any atom is -0.464 e. The molecular weight excluding hydrogens is 736 g/mol. The normalized spacial score (nSPS) is 15.3. The molecule has 0 radical (unpaired) electrons. The van der Waals surface area contributed by atoms with Gasteiger partial charge in [0, 0.05) is 30.8 Å². The Kier molecular flexibility index (Phi) is 11.4. The van der Waals surface area contributed by atoms with Gasteiger partial charge in [0.05, 0.1) is 29.8 Å². The lowest BCUT2D eigenvalue weighted by Crippen LogP contribution is -2.56. The van der Waals surface area contributed by atoms with Crippen molar-refractivity contribution in [2.45, 2.75) is 31.2 Å². The lowest BCUT2D eigenvalue weighted by Gasteiger charge is -2.36. The first-order chi connectivity index (χ1) is 25.9. The van der Waals surface area contributed by atoms with Crippen LogP contribution in [0, 0.1) is 0 Å². The summed E-state index contributed by atoms with van der Waals surface area (Å²) in [5.41, 5.74) is -2.78. The van der Waals surface area contributed by atoms with Gasteiger partial charge in [0.1, 0.15) is 13.2 Å². The first-order valence-electron chi connectivity index (χ1n) is 16.6. The first-order valence-corrected chi connectivity index (χ1v) is 16.6. The number of fused-ring (bicyclic) bond motifs is 1. The lowest BCUT2D eigenvalue weighted by atomic mass is 9.90. The Bertz CT molecular complexity index is 2130. The van der Waals surface area contributed by atoms with Crippen molar-refractivity contribution in [1.82, 2.24) is 9.80 Å². The number of hydrogen-bond acceptors (Lipinski definition) is 7. The molecular formula is C39H33F6N3O7. The van der Waals surface area contributed by atoms with Crippen molar-refractivity contribution >= 4 is 35.3 Å². The van der Waals surface area contributed by atoms with Crippen molar-refractivity contribution in [1.29, 1.82) is 0 Å². The summed E-state index contributed by atoms with van der Waals surface area (Å²) in [6, 6.07) is 19.8. The molecule has 10 nitrogen and oxygen atoms in total. The van der Waals surface area contributed by atoms with E-state index in [-0.39, 0.29) is 45.0 Å². The highest BCUT2D eigenvalue weighted by Crippen LogP contribution is 2.42. The number of nitrogens with zero attached hydrogens (tertiary/aromatic N) is 2. The quantitative estimate of drug-likeness (QED) is 0.130. The molecule has 1 heterocycles. The maximum absolute atomic E-state index is 13.8. The van der Waals surface area contributed by atoms with E-state index in [0.717, 1.165) is 12.1 Å². The predicted octanol–water partition coefficient (Wildman–Crippen LogP) is 6.89. The largest absolute Gasteiger partial charge is 0.464 e. The van der Waals surface area contributed by atoms with Gasteiger partial charge in [0.15, 0.2) is 0 Å². The number of rotatable bonds is 11. The maximum atomic E-state index is 13.8. The standard InChI is InChI=1S/C39H33F6N3O7/c1-4-54-36(53)37(30-12-8-7-11-28(30)35(52)48(37)21-38(40,41)42)22-55-32(49)20-23-13-18-31(29(19-23)34(51)47(2)3)46-33(50)27-10-6-5-9-26(27)24-14-16-25(17-15-24)39(43,44)45/h5-19H,4,20-22H2,1-3H3,(H,46,50). The van der Waals surface area contributed by atoms with Gasteiger partial charge in [-0.05, 0) is 60.0 Å². The van der Waals surface area contributed by atoms with Crippen LogP contribution in [0.5, 0.6) is 0 Å². The van der Waals surface area contributed by atoms with Crippen molar-refractivity contribution < 1.29 is 59.8 Å². The van der Waals surface area contributed by atoms with Crippen LogP contribution in [0.2, 0.25) is 0 Å². The average molecular weight is 770 g/mol. The fourth-order valence-corrected chi connectivity index (χ4v) is 6.16. The van der Waals surface area contributed by atoms with Gasteiger partial charge in [-0.2, -0.15) is 26.3 Å². The molecule has 16 heteroatoms. The minimum absolute atomic E-state index is 0.0215. The van der Waals surface area contributed by atoms with Crippen LogP contribution in [0.4, 0.5) is 32.0 Å². The van der Waals surface area contributed by atoms with E-state index in [2.05, 4.69) is 5.32 Å². The van der Waals surface area contributed by atoms with E-state index in [1.165, 1.54) is 86.6 Å². The van der Waals surface area contributed by atoms with Gasteiger partial charge in [-0.25, -0.2) is 4.79 Å². The average Bonchev–Trinajstić information content (AvgIpc) is 3.36. The highest BCUT2D eigenvalue weighted by Gasteiger charge is 2.59. The summed E-state index contributed by atoms with van der Waals surface area (Å²) >= 11 is 0. The van der Waals surface area contributed by atoms with Crippen LogP contribution in [-0.4, -0.2) is 79.5 Å². The van der Waals surface area contributed by atoms with Crippen LogP contribution < -0.4 is 5.32 Å². The van der Waals surface area contributed by atoms with E-state index in [9.17, 15) is 50.3 Å². The maximum Gasteiger partial charge on any atom is 0.416 e. The number of ether oxygens (including phenoxy) is 2. The summed E-state index contributed by atoms with van der Waals surface area (Å²) in [7, 11) is 2.88. The second kappa shape index (κ2) is 15.7. The zero-order valence-electron chi connectivity index (χ0n) is 29.5. The lowest BCUT2D eigenvalue weighted by molar-refractivity contribution is -0.178. The Morgan fingerprint density at radius 3 is 2.05 bits per heavy atom. The Morgan fingerprint density at radius 2 is 1.44 bits per heavy atom. The van der Waals surface area contributed by atoms with Gasteiger partial charge in [-0.3, -0.25) is 19.2 Å². The van der Waals surface area contributed by atoms with Gasteiger partial charge < -0.3 is 24.6 Å². The van der Waals surface area contributed by atoms with Gasteiger partial charge in [0.25, 0.3) is 17.7 Å². The molecule has 1 unspecified atom stereocenters. The van der Waals surface area contributed by atoms with E-state index in [0.29, 0.717) is 11.1 Å². The molecule has 1 atom stereocenters. The summed E-state index contributed by atoms with van der Waals surface area (Å²) in [5.74, 6) is -4.66. The Hall–Kier alpha value is -6.19. The predicted molar refractivity (Wildman–Crippen MR) is 186 cm³/mol. The fraction of sp³-hybridized carbons (Fsp3) is 0.256. The molecule has 4 aromatic carbocycles. The van der Waals surface area contributed by atoms with Crippen LogP contribution in [-0.2, 0) is 37.2 Å². The Balaban J connectivity index is 1.41. The number of hydrogen-bond donors (Lipinski definition) is 1. The zero-order valence-corrected chi connectivity index (χ0v) is 29.5. The first kappa shape index (κ1) is 40.0. The van der Waals surface area contributed by atoms with Crippen LogP contribution >= 0.6 is 0 Å². The van der Waals surface area contributed by atoms with E-state index in [1.54, 1.807) is 18.2 Å². The summed E-state index contributed by atoms with van der Waals surface area (Å²) in [6.45, 7) is -1.68. The number of carbonyl (C=O) groups excluding carboxylic acids is 5. The van der Waals surface area contributed by atoms with Gasteiger partial charge in [0.2, 0.25) is 5.54 Å². The molecule has 0 fully saturated rings. The monoisotopic (exact) mass is 769 g/mol. The Labute approximate surface area is 310 Å². The van der Waals surface area contributed by atoms with Crippen LogP contribution in [0.3, 0.4) is 0 Å². The summed E-state index contributed by atoms with van der Waals surface area (Å²) in [6.07, 6.45) is -10.0. The van der Waals surface area contributed by atoms with Crippen molar-refractivity contribution in [2.24, 2.45) is 0 Å². The van der Waals surface area contributed by atoms with Crippen molar-refractivity contribution in [3.8, 4) is 11.1 Å². The number of amides is 3. The SMILES string of the molecule is CCOC(=O)C1(COC(=O)Cc2ccc(NC(=O)c3ccccc3-c3ccc(C(F)(F)F)cc3)c(C(=O)N(C)C)c2)c2ccccc2C(=O)N1CC(F)(F)F. The smallest absolute Gasteiger partial charge is 0.416 e. The molecule has 0 aliphatic carbocycles. The van der Waals surface area contributed by atoms with Gasteiger partial charge in [-0.15, -0.1) is 0 Å². The van der Waals surface area contributed by atoms with Crippen molar-refractivity contribution in [3.63, 3.8) is 0 Å². The van der Waals surface area contributed by atoms with E-state index in [4.69, 9.17) is 9.47 Å². The third-order valence-corrected chi connectivity index (χ3v) is 8.71. The van der Waals surface area contributed by atoms with E-state index >= 15 is 0 Å². The number of benzene rings is 4. The van der Waals surface area contributed by atoms with Crippen LogP contribution in [0.25, 0.3) is 11.1 Å². The molecule has 0 saturated carbocycles. The molecule has 0 spiro atoms. The Morgan fingerprint density at radius 1 is 0.800 bits per heavy atom. The number of anilines is 1. The molecule has 1 aliphatic rings.